The fourth-order valence-electron chi connectivity index (χ4n) is 1.62. The van der Waals surface area contributed by atoms with E-state index in [4.69, 9.17) is 10.8 Å². The van der Waals surface area contributed by atoms with Crippen LogP contribution < -0.4 is 5.73 Å². The van der Waals surface area contributed by atoms with Crippen molar-refractivity contribution in [2.24, 2.45) is 5.73 Å². The number of aromatic amines is 1. The van der Waals surface area contributed by atoms with Gasteiger partial charge in [-0.05, 0) is 11.6 Å². The van der Waals surface area contributed by atoms with E-state index in [-0.39, 0.29) is 18.9 Å². The third kappa shape index (κ3) is 2.48. The number of benzene rings is 1. The molecule has 2 aromatic rings. The number of nitrogens with one attached hydrogen (secondary N) is 1. The molecule has 0 amide bonds. The molecule has 1 aromatic carbocycles. The zero-order chi connectivity index (χ0) is 10.8. The first kappa shape index (κ1) is 12.9. The summed E-state index contributed by atoms with van der Waals surface area (Å²) in [6.45, 7) is 0. The third-order valence-electron chi connectivity index (χ3n) is 2.43. The van der Waals surface area contributed by atoms with Gasteiger partial charge >= 0.3 is 24.8 Å². The number of carboxylic acid groups (broad SMARTS) is 1. The minimum absolute atomic E-state index is 0. The van der Waals surface area contributed by atoms with Crippen LogP contribution in [0.4, 0.5) is 0 Å². The van der Waals surface area contributed by atoms with Gasteiger partial charge in [0.2, 0.25) is 0 Å². The first-order valence-electron chi connectivity index (χ1n) is 4.72. The van der Waals surface area contributed by atoms with Gasteiger partial charge in [0.15, 0.2) is 0 Å². The SMILES string of the molecule is N[C@@H](Cc1c[nH]c2ccccc12)C(=O)O.[LiH]. The number of hydrogen-bond acceptors (Lipinski definition) is 2. The molecule has 0 aliphatic rings. The van der Waals surface area contributed by atoms with Gasteiger partial charge in [0, 0.05) is 23.5 Å². The van der Waals surface area contributed by atoms with Gasteiger partial charge in [0.25, 0.3) is 0 Å². The number of nitrogens with two attached hydrogens (primary N) is 1. The van der Waals surface area contributed by atoms with E-state index in [0.29, 0.717) is 6.42 Å². The normalized spacial score (nSPS) is 12.1. The average Bonchev–Trinajstić information content (AvgIpc) is 2.62. The van der Waals surface area contributed by atoms with Crippen LogP contribution in [0.3, 0.4) is 0 Å². The topological polar surface area (TPSA) is 79.1 Å². The van der Waals surface area contributed by atoms with Gasteiger partial charge in [0.05, 0.1) is 0 Å². The summed E-state index contributed by atoms with van der Waals surface area (Å²) >= 11 is 0. The van der Waals surface area contributed by atoms with Gasteiger partial charge in [-0.25, -0.2) is 0 Å². The number of aromatic nitrogens is 1. The Hall–Kier alpha value is -1.21. The van der Waals surface area contributed by atoms with Crippen molar-refractivity contribution in [1.82, 2.24) is 4.98 Å². The predicted molar refractivity (Wildman–Crippen MR) is 64.8 cm³/mol. The van der Waals surface area contributed by atoms with Crippen molar-refractivity contribution in [3.05, 3.63) is 36.0 Å². The number of para-hydroxylation sites is 1. The number of rotatable bonds is 3. The maximum absolute atomic E-state index is 10.6. The van der Waals surface area contributed by atoms with E-state index in [2.05, 4.69) is 4.98 Å². The van der Waals surface area contributed by atoms with Crippen molar-refractivity contribution in [2.45, 2.75) is 12.5 Å². The van der Waals surface area contributed by atoms with E-state index in [9.17, 15) is 4.79 Å². The quantitative estimate of drug-likeness (QED) is 0.647. The Morgan fingerprint density at radius 2 is 2.12 bits per heavy atom. The molecule has 0 radical (unpaired) electrons. The summed E-state index contributed by atoms with van der Waals surface area (Å²) in [5.74, 6) is -0.972. The van der Waals surface area contributed by atoms with Crippen molar-refractivity contribution < 1.29 is 9.90 Å². The molecule has 4 N–H and O–H groups in total. The summed E-state index contributed by atoms with van der Waals surface area (Å²) in [4.78, 5) is 13.7. The van der Waals surface area contributed by atoms with E-state index in [1.807, 2.05) is 30.5 Å². The molecule has 0 unspecified atom stereocenters. The third-order valence-corrected chi connectivity index (χ3v) is 2.43. The molecule has 2 rings (SSSR count). The van der Waals surface area contributed by atoms with Crippen LogP contribution in [-0.4, -0.2) is 41.0 Å². The van der Waals surface area contributed by atoms with Gasteiger partial charge in [-0.2, -0.15) is 0 Å². The van der Waals surface area contributed by atoms with Crippen LogP contribution in [0.15, 0.2) is 30.5 Å². The molecule has 0 saturated carbocycles. The van der Waals surface area contributed by atoms with E-state index in [1.165, 1.54) is 0 Å². The number of carboxylic acids is 1. The van der Waals surface area contributed by atoms with Gasteiger partial charge < -0.3 is 15.8 Å². The second kappa shape index (κ2) is 5.22. The van der Waals surface area contributed by atoms with E-state index >= 15 is 0 Å². The summed E-state index contributed by atoms with van der Waals surface area (Å²) in [5.41, 5.74) is 7.43. The zero-order valence-electron chi connectivity index (χ0n) is 8.10. The standard InChI is InChI=1S/C11H12N2O2.Li.H/c12-9(11(14)15)5-7-6-13-10-4-2-1-3-8(7)10;;/h1-4,6,9,13H,5,12H2,(H,14,15);;/t9-;;/m0../s1. The van der Waals surface area contributed by atoms with E-state index in [0.717, 1.165) is 16.5 Å². The molecule has 0 bridgehead atoms. The summed E-state index contributed by atoms with van der Waals surface area (Å²) in [5, 5.41) is 9.75. The molecule has 16 heavy (non-hydrogen) atoms. The molecule has 1 aromatic heterocycles. The van der Waals surface area contributed by atoms with Gasteiger partial charge in [0.1, 0.15) is 6.04 Å². The summed E-state index contributed by atoms with van der Waals surface area (Å²) < 4.78 is 0. The summed E-state index contributed by atoms with van der Waals surface area (Å²) in [6.07, 6.45) is 2.16. The Labute approximate surface area is 105 Å². The van der Waals surface area contributed by atoms with Crippen LogP contribution in [0.2, 0.25) is 0 Å². The zero-order valence-corrected chi connectivity index (χ0v) is 8.10. The molecule has 0 aliphatic carbocycles. The van der Waals surface area contributed by atoms with Gasteiger partial charge in [-0.15, -0.1) is 0 Å². The molecule has 1 atom stereocenters. The van der Waals surface area contributed by atoms with Gasteiger partial charge in [-0.3, -0.25) is 4.79 Å². The van der Waals surface area contributed by atoms with Gasteiger partial charge in [-0.1, -0.05) is 18.2 Å². The minimum atomic E-state index is -0.972. The average molecular weight is 212 g/mol. The number of hydrogen-bond donors (Lipinski definition) is 3. The Balaban J connectivity index is 0.00000128. The fraction of sp³-hybridized carbons (Fsp3) is 0.182. The molecule has 0 aliphatic heterocycles. The van der Waals surface area contributed by atoms with Crippen LogP contribution in [0.1, 0.15) is 5.56 Å². The molecule has 0 saturated heterocycles. The second-order valence-corrected chi connectivity index (χ2v) is 3.51. The molecule has 4 nitrogen and oxygen atoms in total. The number of H-pyrrole nitrogens is 1. The Morgan fingerprint density at radius 1 is 1.44 bits per heavy atom. The monoisotopic (exact) mass is 212 g/mol. The first-order valence-corrected chi connectivity index (χ1v) is 4.72. The van der Waals surface area contributed by atoms with Crippen molar-refractivity contribution in [3.8, 4) is 0 Å². The number of carbonyl (C=O) groups is 1. The summed E-state index contributed by atoms with van der Waals surface area (Å²) in [7, 11) is 0. The number of aliphatic carboxylic acids is 1. The maximum atomic E-state index is 10.6. The van der Waals surface area contributed by atoms with Crippen LogP contribution >= 0.6 is 0 Å². The Morgan fingerprint density at radius 3 is 2.81 bits per heavy atom. The van der Waals surface area contributed by atoms with Crippen molar-refractivity contribution >= 4 is 35.7 Å². The Bertz CT molecular complexity index is 495. The van der Waals surface area contributed by atoms with E-state index < -0.39 is 12.0 Å². The Kier molecular flexibility index (Phi) is 4.19. The molecular formula is C11H13LiN2O2. The van der Waals surface area contributed by atoms with Crippen molar-refractivity contribution in [1.29, 1.82) is 0 Å². The first-order chi connectivity index (χ1) is 7.18. The molecule has 0 fully saturated rings. The van der Waals surface area contributed by atoms with Crippen molar-refractivity contribution in [3.63, 3.8) is 0 Å². The van der Waals surface area contributed by atoms with Crippen molar-refractivity contribution in [2.75, 3.05) is 0 Å². The fourth-order valence-corrected chi connectivity index (χ4v) is 1.62. The van der Waals surface area contributed by atoms with E-state index in [1.54, 1.807) is 0 Å². The molecular weight excluding hydrogens is 199 g/mol. The molecule has 1 heterocycles. The van der Waals surface area contributed by atoms with Crippen LogP contribution in [-0.2, 0) is 11.2 Å². The second-order valence-electron chi connectivity index (χ2n) is 3.51. The molecule has 5 heteroatoms. The predicted octanol–water partition coefficient (Wildman–Crippen LogP) is 0.474. The summed E-state index contributed by atoms with van der Waals surface area (Å²) in [6, 6.07) is 6.91. The van der Waals surface area contributed by atoms with Crippen LogP contribution in [0.5, 0.6) is 0 Å². The molecule has 0 spiro atoms. The van der Waals surface area contributed by atoms with Crippen LogP contribution in [0, 0.1) is 0 Å². The number of fused-ring (bicyclic) bond motifs is 1. The van der Waals surface area contributed by atoms with Crippen LogP contribution in [0.25, 0.3) is 10.9 Å². The molecule has 80 valence electrons.